The maximum atomic E-state index is 14.0. The highest BCUT2D eigenvalue weighted by Crippen LogP contribution is 2.41. The summed E-state index contributed by atoms with van der Waals surface area (Å²) < 4.78 is 48.3. The van der Waals surface area contributed by atoms with Crippen LogP contribution in [0.3, 0.4) is 0 Å². The van der Waals surface area contributed by atoms with Gasteiger partial charge in [0.1, 0.15) is 0 Å². The minimum absolute atomic E-state index is 0.0947. The van der Waals surface area contributed by atoms with Gasteiger partial charge < -0.3 is 15.0 Å². The minimum Gasteiger partial charge on any atom is -0.370 e. The predicted octanol–water partition coefficient (Wildman–Crippen LogP) is 5.69. The molecule has 2 amide bonds. The van der Waals surface area contributed by atoms with E-state index in [4.69, 9.17) is 4.74 Å². The second kappa shape index (κ2) is 8.74. The van der Waals surface area contributed by atoms with Gasteiger partial charge in [0.15, 0.2) is 0 Å². The van der Waals surface area contributed by atoms with Gasteiger partial charge in [0.2, 0.25) is 0 Å². The molecule has 0 spiro atoms. The van der Waals surface area contributed by atoms with Crippen LogP contribution in [0.15, 0.2) is 42.5 Å². The first-order valence-corrected chi connectivity index (χ1v) is 10.7. The van der Waals surface area contributed by atoms with Crippen LogP contribution in [0, 0.1) is 3.57 Å². The Morgan fingerprint density at radius 3 is 2.33 bits per heavy atom. The molecule has 3 rings (SSSR count). The Bertz CT molecular complexity index is 919. The fraction of sp³-hybridized carbons (Fsp3) is 0.409. The molecule has 0 unspecified atom stereocenters. The van der Waals surface area contributed by atoms with E-state index in [1.54, 1.807) is 35.2 Å². The van der Waals surface area contributed by atoms with Gasteiger partial charge in [-0.2, -0.15) is 13.2 Å². The molecule has 1 fully saturated rings. The van der Waals surface area contributed by atoms with Crippen molar-refractivity contribution in [3.63, 3.8) is 0 Å². The molecule has 2 aromatic rings. The number of carbonyl (C=O) groups is 1. The fourth-order valence-corrected chi connectivity index (χ4v) is 3.95. The number of hydrogen-bond acceptors (Lipinski definition) is 2. The monoisotopic (exact) mass is 532 g/mol. The van der Waals surface area contributed by atoms with Crippen LogP contribution in [0.1, 0.15) is 31.9 Å². The topological polar surface area (TPSA) is 41.6 Å². The molecule has 1 heterocycles. The number of halogens is 4. The number of carbonyl (C=O) groups excluding carboxylic acids is 1. The van der Waals surface area contributed by atoms with E-state index in [1.807, 2.05) is 43.4 Å². The van der Waals surface area contributed by atoms with Crippen LogP contribution in [0.2, 0.25) is 0 Å². The molecule has 0 atom stereocenters. The number of rotatable bonds is 4. The Morgan fingerprint density at radius 2 is 1.73 bits per heavy atom. The SMILES string of the molecule is CC(C)(C)NC(=O)N1CC(OCc2cccc(-c3ccccc3I)c2C(F)(F)F)C1. The summed E-state index contributed by atoms with van der Waals surface area (Å²) in [4.78, 5) is 13.7. The lowest BCUT2D eigenvalue weighted by Crippen LogP contribution is -2.60. The Morgan fingerprint density at radius 1 is 1.10 bits per heavy atom. The molecule has 4 nitrogen and oxygen atoms in total. The third-order valence-electron chi connectivity index (χ3n) is 4.69. The van der Waals surface area contributed by atoms with Crippen molar-refractivity contribution in [3.05, 3.63) is 57.2 Å². The number of benzene rings is 2. The fourth-order valence-electron chi connectivity index (χ4n) is 3.28. The van der Waals surface area contributed by atoms with Gasteiger partial charge in [0, 0.05) is 9.11 Å². The lowest BCUT2D eigenvalue weighted by Gasteiger charge is -2.40. The van der Waals surface area contributed by atoms with E-state index in [2.05, 4.69) is 5.32 Å². The average Bonchev–Trinajstić information content (AvgIpc) is 2.58. The Kier molecular flexibility index (Phi) is 6.66. The van der Waals surface area contributed by atoms with Crippen molar-refractivity contribution in [1.82, 2.24) is 10.2 Å². The van der Waals surface area contributed by atoms with E-state index >= 15 is 0 Å². The molecule has 0 aromatic heterocycles. The molecule has 1 saturated heterocycles. The molecule has 0 bridgehead atoms. The molecule has 1 N–H and O–H groups in total. The maximum absolute atomic E-state index is 14.0. The normalized spacial score (nSPS) is 15.1. The van der Waals surface area contributed by atoms with Gasteiger partial charge in [-0.3, -0.25) is 0 Å². The van der Waals surface area contributed by atoms with Gasteiger partial charge in [-0.15, -0.1) is 0 Å². The van der Waals surface area contributed by atoms with Gasteiger partial charge >= 0.3 is 12.2 Å². The molecule has 30 heavy (non-hydrogen) atoms. The van der Waals surface area contributed by atoms with Crippen LogP contribution in [-0.4, -0.2) is 35.7 Å². The number of amides is 2. The zero-order valence-corrected chi connectivity index (χ0v) is 19.2. The standard InChI is InChI=1S/C22H24F3IN2O2/c1-21(2,3)27-20(29)28-11-15(12-28)30-13-14-7-6-9-17(19(14)22(23,24)25)16-8-4-5-10-18(16)26/h4-10,15H,11-13H2,1-3H3,(H,27,29). The molecule has 2 aromatic carbocycles. The highest BCUT2D eigenvalue weighted by atomic mass is 127. The van der Waals surface area contributed by atoms with Gasteiger partial charge in [0.25, 0.3) is 0 Å². The molecule has 1 aliphatic rings. The van der Waals surface area contributed by atoms with E-state index in [9.17, 15) is 18.0 Å². The number of hydrogen-bond donors (Lipinski definition) is 1. The zero-order chi connectivity index (χ0) is 22.1. The first kappa shape index (κ1) is 22.9. The van der Waals surface area contributed by atoms with Crippen LogP contribution in [0.4, 0.5) is 18.0 Å². The summed E-state index contributed by atoms with van der Waals surface area (Å²) in [7, 11) is 0. The number of urea groups is 1. The molecule has 0 saturated carbocycles. The molecule has 162 valence electrons. The van der Waals surface area contributed by atoms with E-state index in [0.29, 0.717) is 18.7 Å². The number of ether oxygens (including phenoxy) is 1. The van der Waals surface area contributed by atoms with Crippen LogP contribution in [0.25, 0.3) is 11.1 Å². The summed E-state index contributed by atoms with van der Waals surface area (Å²) in [6, 6.07) is 11.4. The van der Waals surface area contributed by atoms with E-state index in [1.165, 1.54) is 12.1 Å². The second-order valence-corrected chi connectivity index (χ2v) is 9.50. The molecular weight excluding hydrogens is 508 g/mol. The van der Waals surface area contributed by atoms with Crippen molar-refractivity contribution >= 4 is 28.6 Å². The Balaban J connectivity index is 1.73. The van der Waals surface area contributed by atoms with Crippen LogP contribution in [-0.2, 0) is 17.5 Å². The van der Waals surface area contributed by atoms with Crippen molar-refractivity contribution in [2.45, 2.75) is 45.2 Å². The summed E-state index contributed by atoms with van der Waals surface area (Å²) >= 11 is 2.04. The molecule has 1 aliphatic heterocycles. The highest BCUT2D eigenvalue weighted by molar-refractivity contribution is 14.1. The van der Waals surface area contributed by atoms with Gasteiger partial charge in [0.05, 0.1) is 31.4 Å². The van der Waals surface area contributed by atoms with Crippen molar-refractivity contribution in [2.75, 3.05) is 13.1 Å². The highest BCUT2D eigenvalue weighted by Gasteiger charge is 2.38. The van der Waals surface area contributed by atoms with Crippen LogP contribution < -0.4 is 5.32 Å². The first-order valence-electron chi connectivity index (χ1n) is 9.58. The zero-order valence-electron chi connectivity index (χ0n) is 17.0. The molecule has 0 aliphatic carbocycles. The summed E-state index contributed by atoms with van der Waals surface area (Å²) in [5, 5.41) is 2.86. The lowest BCUT2D eigenvalue weighted by atomic mass is 9.95. The summed E-state index contributed by atoms with van der Waals surface area (Å²) in [6.45, 7) is 6.22. The number of nitrogens with one attached hydrogen (secondary N) is 1. The number of nitrogens with zero attached hydrogens (tertiary/aromatic N) is 1. The summed E-state index contributed by atoms with van der Waals surface area (Å²) in [5.41, 5.74) is -0.234. The largest absolute Gasteiger partial charge is 0.417 e. The predicted molar refractivity (Wildman–Crippen MR) is 118 cm³/mol. The molecule has 0 radical (unpaired) electrons. The number of alkyl halides is 3. The third kappa shape index (κ3) is 5.46. The Labute approximate surface area is 187 Å². The van der Waals surface area contributed by atoms with Crippen molar-refractivity contribution in [1.29, 1.82) is 0 Å². The minimum atomic E-state index is -4.51. The molecule has 8 heteroatoms. The second-order valence-electron chi connectivity index (χ2n) is 8.34. The van der Waals surface area contributed by atoms with E-state index in [-0.39, 0.29) is 35.4 Å². The third-order valence-corrected chi connectivity index (χ3v) is 5.63. The van der Waals surface area contributed by atoms with E-state index in [0.717, 1.165) is 3.57 Å². The summed E-state index contributed by atoms with van der Waals surface area (Å²) in [6.07, 6.45) is -4.79. The van der Waals surface area contributed by atoms with Crippen molar-refractivity contribution < 1.29 is 22.7 Å². The van der Waals surface area contributed by atoms with Gasteiger partial charge in [-0.1, -0.05) is 36.4 Å². The maximum Gasteiger partial charge on any atom is 0.417 e. The van der Waals surface area contributed by atoms with Crippen molar-refractivity contribution in [2.24, 2.45) is 0 Å². The average molecular weight is 532 g/mol. The van der Waals surface area contributed by atoms with Crippen molar-refractivity contribution in [3.8, 4) is 11.1 Å². The summed E-state index contributed by atoms with van der Waals surface area (Å²) in [5.74, 6) is 0. The van der Waals surface area contributed by atoms with E-state index < -0.39 is 11.7 Å². The lowest BCUT2D eigenvalue weighted by molar-refractivity contribution is -0.139. The smallest absolute Gasteiger partial charge is 0.370 e. The number of likely N-dealkylation sites (tertiary alicyclic amines) is 1. The quantitative estimate of drug-likeness (QED) is 0.515. The van der Waals surface area contributed by atoms with Crippen LogP contribution >= 0.6 is 22.6 Å². The first-order chi connectivity index (χ1) is 14.0. The molecular formula is C22H24F3IN2O2. The van der Waals surface area contributed by atoms with Gasteiger partial charge in [-0.25, -0.2) is 4.79 Å². The van der Waals surface area contributed by atoms with Gasteiger partial charge in [-0.05, 0) is 66.1 Å². The van der Waals surface area contributed by atoms with Crippen LogP contribution in [0.5, 0.6) is 0 Å². The Hall–Kier alpha value is -1.81.